The molecular weight excluding hydrogens is 328 g/mol. The number of benzene rings is 2. The van der Waals surface area contributed by atoms with Gasteiger partial charge in [-0.15, -0.1) is 4.91 Å². The van der Waals surface area contributed by atoms with E-state index in [0.717, 1.165) is 5.56 Å². The Bertz CT molecular complexity index is 918. The van der Waals surface area contributed by atoms with Crippen molar-refractivity contribution in [2.75, 3.05) is 6.61 Å². The summed E-state index contributed by atoms with van der Waals surface area (Å²) in [4.78, 5) is 11.1. The van der Waals surface area contributed by atoms with Crippen LogP contribution in [0.2, 0.25) is 5.02 Å². The van der Waals surface area contributed by atoms with Crippen LogP contribution in [0.4, 0.5) is 5.69 Å². The average Bonchev–Trinajstić information content (AvgIpc) is 2.86. The SMILES string of the molecule is C=CCOc1ccccc1Cn1c(O)c(N=O)c2cccc(Cl)c21. The predicted molar refractivity (Wildman–Crippen MR) is 95.3 cm³/mol. The molecule has 1 aromatic heterocycles. The Balaban J connectivity index is 2.13. The van der Waals surface area contributed by atoms with Crippen LogP contribution in [0.3, 0.4) is 0 Å². The summed E-state index contributed by atoms with van der Waals surface area (Å²) in [7, 11) is 0. The van der Waals surface area contributed by atoms with Crippen LogP contribution in [-0.2, 0) is 6.54 Å². The lowest BCUT2D eigenvalue weighted by Gasteiger charge is -2.13. The van der Waals surface area contributed by atoms with Gasteiger partial charge >= 0.3 is 0 Å². The third-order valence-electron chi connectivity index (χ3n) is 3.73. The van der Waals surface area contributed by atoms with Gasteiger partial charge in [0, 0.05) is 10.9 Å². The average molecular weight is 343 g/mol. The number of hydrogen-bond donors (Lipinski definition) is 1. The van der Waals surface area contributed by atoms with Gasteiger partial charge in [-0.2, -0.15) is 0 Å². The van der Waals surface area contributed by atoms with Gasteiger partial charge in [0.25, 0.3) is 0 Å². The van der Waals surface area contributed by atoms with Crippen molar-refractivity contribution in [2.24, 2.45) is 5.18 Å². The minimum Gasteiger partial charge on any atom is -0.493 e. The quantitative estimate of drug-likeness (QED) is 0.505. The summed E-state index contributed by atoms with van der Waals surface area (Å²) in [6.07, 6.45) is 1.66. The molecule has 0 bridgehead atoms. The highest BCUT2D eigenvalue weighted by Gasteiger charge is 2.20. The maximum atomic E-state index is 11.1. The molecule has 5 nitrogen and oxygen atoms in total. The van der Waals surface area contributed by atoms with Crippen LogP contribution in [0.25, 0.3) is 10.9 Å². The van der Waals surface area contributed by atoms with Gasteiger partial charge in [0.1, 0.15) is 12.4 Å². The van der Waals surface area contributed by atoms with Gasteiger partial charge in [-0.3, -0.25) is 0 Å². The highest BCUT2D eigenvalue weighted by atomic mass is 35.5. The van der Waals surface area contributed by atoms with Crippen LogP contribution in [0.15, 0.2) is 60.3 Å². The number of fused-ring (bicyclic) bond motifs is 1. The Morgan fingerprint density at radius 2 is 2.04 bits per heavy atom. The third-order valence-corrected chi connectivity index (χ3v) is 4.03. The normalized spacial score (nSPS) is 10.7. The fourth-order valence-corrected chi connectivity index (χ4v) is 2.95. The van der Waals surface area contributed by atoms with Gasteiger partial charge in [-0.25, -0.2) is 0 Å². The zero-order valence-electron chi connectivity index (χ0n) is 12.8. The molecule has 0 amide bonds. The molecule has 0 aliphatic heterocycles. The van der Waals surface area contributed by atoms with Crippen LogP contribution >= 0.6 is 11.6 Å². The van der Waals surface area contributed by atoms with E-state index in [1.54, 1.807) is 28.8 Å². The fourth-order valence-electron chi connectivity index (χ4n) is 2.67. The van der Waals surface area contributed by atoms with E-state index in [1.165, 1.54) is 0 Å². The van der Waals surface area contributed by atoms with Gasteiger partial charge in [-0.1, -0.05) is 54.6 Å². The molecule has 3 aromatic rings. The molecule has 0 aliphatic rings. The van der Waals surface area contributed by atoms with E-state index < -0.39 is 0 Å². The van der Waals surface area contributed by atoms with Crippen LogP contribution in [-0.4, -0.2) is 16.3 Å². The molecule has 3 rings (SSSR count). The highest BCUT2D eigenvalue weighted by Crippen LogP contribution is 2.42. The smallest absolute Gasteiger partial charge is 0.222 e. The van der Waals surface area contributed by atoms with E-state index in [2.05, 4.69) is 11.8 Å². The number of aromatic nitrogens is 1. The van der Waals surface area contributed by atoms with E-state index in [4.69, 9.17) is 16.3 Å². The Labute approximate surface area is 143 Å². The maximum absolute atomic E-state index is 11.1. The van der Waals surface area contributed by atoms with Crippen LogP contribution in [0.5, 0.6) is 11.6 Å². The van der Waals surface area contributed by atoms with Crippen molar-refractivity contribution >= 4 is 28.2 Å². The number of rotatable bonds is 6. The Morgan fingerprint density at radius 3 is 2.79 bits per heavy atom. The molecule has 0 spiro atoms. The van der Waals surface area contributed by atoms with E-state index in [1.807, 2.05) is 24.3 Å². The first-order valence-corrected chi connectivity index (χ1v) is 7.69. The first kappa shape index (κ1) is 16.1. The summed E-state index contributed by atoms with van der Waals surface area (Å²) in [5.41, 5.74) is 1.38. The Kier molecular flexibility index (Phi) is 4.53. The first-order chi connectivity index (χ1) is 11.7. The number of aromatic hydroxyl groups is 1. The lowest BCUT2D eigenvalue weighted by Crippen LogP contribution is -2.03. The standard InChI is InChI=1S/C18H15ClN2O3/c1-2-10-24-15-9-4-3-6-12(15)11-21-17-13(7-5-8-14(17)19)16(20-23)18(21)22/h2-9,22H,1,10-11H2. The second-order valence-corrected chi connectivity index (χ2v) is 5.60. The van der Waals surface area contributed by atoms with Gasteiger partial charge in [0.15, 0.2) is 5.69 Å². The number of para-hydroxylation sites is 2. The topological polar surface area (TPSA) is 63.8 Å². The molecule has 24 heavy (non-hydrogen) atoms. The summed E-state index contributed by atoms with van der Waals surface area (Å²) < 4.78 is 7.20. The molecule has 0 atom stereocenters. The summed E-state index contributed by atoms with van der Waals surface area (Å²) in [6, 6.07) is 12.6. The molecule has 1 N–H and O–H groups in total. The van der Waals surface area contributed by atoms with Gasteiger partial charge in [0.2, 0.25) is 5.88 Å². The zero-order chi connectivity index (χ0) is 17.1. The number of halogens is 1. The summed E-state index contributed by atoms with van der Waals surface area (Å²) >= 11 is 6.27. The Hall–Kier alpha value is -2.79. The second kappa shape index (κ2) is 6.76. The minimum absolute atomic E-state index is 0.0167. The fraction of sp³-hybridized carbons (Fsp3) is 0.111. The minimum atomic E-state index is -0.216. The molecule has 0 saturated heterocycles. The molecule has 0 radical (unpaired) electrons. The first-order valence-electron chi connectivity index (χ1n) is 7.32. The molecule has 2 aromatic carbocycles. The molecular formula is C18H15ClN2O3. The predicted octanol–water partition coefficient (Wildman–Crippen LogP) is 5.01. The van der Waals surface area contributed by atoms with E-state index >= 15 is 0 Å². The number of hydrogen-bond acceptors (Lipinski definition) is 4. The summed E-state index contributed by atoms with van der Waals surface area (Å²) in [5.74, 6) is 0.456. The van der Waals surface area contributed by atoms with Crippen molar-refractivity contribution in [1.29, 1.82) is 0 Å². The van der Waals surface area contributed by atoms with Crippen LogP contribution in [0.1, 0.15) is 5.56 Å². The molecule has 1 heterocycles. The van der Waals surface area contributed by atoms with Crippen molar-refractivity contribution in [1.82, 2.24) is 4.57 Å². The maximum Gasteiger partial charge on any atom is 0.222 e. The lowest BCUT2D eigenvalue weighted by molar-refractivity contribution is 0.357. The summed E-state index contributed by atoms with van der Waals surface area (Å²) in [5, 5.41) is 14.3. The zero-order valence-corrected chi connectivity index (χ0v) is 13.5. The Morgan fingerprint density at radius 1 is 1.25 bits per heavy atom. The van der Waals surface area contributed by atoms with Crippen molar-refractivity contribution in [3.05, 3.63) is 70.6 Å². The highest BCUT2D eigenvalue weighted by molar-refractivity contribution is 6.35. The number of ether oxygens (including phenoxy) is 1. The number of nitrogens with zero attached hydrogens (tertiary/aromatic N) is 2. The lowest BCUT2D eigenvalue weighted by atomic mass is 10.2. The van der Waals surface area contributed by atoms with E-state index in [9.17, 15) is 10.0 Å². The second-order valence-electron chi connectivity index (χ2n) is 5.19. The molecule has 0 fully saturated rings. The van der Waals surface area contributed by atoms with Gasteiger partial charge in [0.05, 0.1) is 17.1 Å². The molecule has 0 saturated carbocycles. The molecule has 0 unspecified atom stereocenters. The summed E-state index contributed by atoms with van der Waals surface area (Å²) in [6.45, 7) is 4.29. The molecule has 0 aliphatic carbocycles. The largest absolute Gasteiger partial charge is 0.493 e. The van der Waals surface area contributed by atoms with Gasteiger partial charge in [-0.05, 0) is 17.3 Å². The van der Waals surface area contributed by atoms with Gasteiger partial charge < -0.3 is 14.4 Å². The number of nitroso groups, excluding NO2 is 1. The van der Waals surface area contributed by atoms with Crippen molar-refractivity contribution in [2.45, 2.75) is 6.54 Å². The van der Waals surface area contributed by atoms with Crippen molar-refractivity contribution in [3.63, 3.8) is 0 Å². The monoisotopic (exact) mass is 342 g/mol. The van der Waals surface area contributed by atoms with Crippen molar-refractivity contribution in [3.8, 4) is 11.6 Å². The van der Waals surface area contributed by atoms with Crippen LogP contribution in [0, 0.1) is 4.91 Å². The van der Waals surface area contributed by atoms with E-state index in [-0.39, 0.29) is 18.1 Å². The molecule has 122 valence electrons. The van der Waals surface area contributed by atoms with Crippen molar-refractivity contribution < 1.29 is 9.84 Å². The molecule has 6 heteroatoms. The van der Waals surface area contributed by atoms with Crippen LogP contribution < -0.4 is 4.74 Å². The third kappa shape index (κ3) is 2.74. The van der Waals surface area contributed by atoms with E-state index in [0.29, 0.717) is 28.3 Å².